The molecular formula is C21H24N4O5. The van der Waals surface area contributed by atoms with E-state index in [1.54, 1.807) is 36.9 Å². The summed E-state index contributed by atoms with van der Waals surface area (Å²) in [7, 11) is 3.26. The zero-order valence-electron chi connectivity index (χ0n) is 17.6. The van der Waals surface area contributed by atoms with Crippen molar-refractivity contribution in [2.45, 2.75) is 26.9 Å². The van der Waals surface area contributed by atoms with E-state index in [1.165, 1.54) is 26.2 Å². The van der Waals surface area contributed by atoms with Gasteiger partial charge in [0.15, 0.2) is 24.2 Å². The summed E-state index contributed by atoms with van der Waals surface area (Å²) in [6.45, 7) is 5.01. The van der Waals surface area contributed by atoms with E-state index in [9.17, 15) is 9.59 Å². The molecule has 2 aromatic rings. The van der Waals surface area contributed by atoms with Crippen LogP contribution in [0.25, 0.3) is 6.08 Å². The van der Waals surface area contributed by atoms with Gasteiger partial charge in [0.2, 0.25) is 0 Å². The highest BCUT2D eigenvalue weighted by Gasteiger charge is 2.20. The van der Waals surface area contributed by atoms with Crippen molar-refractivity contribution in [3.63, 3.8) is 0 Å². The monoisotopic (exact) mass is 412 g/mol. The van der Waals surface area contributed by atoms with Crippen LogP contribution in [0.3, 0.4) is 0 Å². The number of aryl methyl sites for hydroxylation is 2. The van der Waals surface area contributed by atoms with Gasteiger partial charge in [0.05, 0.1) is 24.2 Å². The number of esters is 1. The van der Waals surface area contributed by atoms with Gasteiger partial charge >= 0.3 is 5.97 Å². The van der Waals surface area contributed by atoms with E-state index in [1.807, 2.05) is 13.0 Å². The Hall–Kier alpha value is -3.80. The minimum Gasteiger partial charge on any atom is -0.493 e. The molecular weight excluding hydrogens is 388 g/mol. The second-order valence-corrected chi connectivity index (χ2v) is 6.43. The lowest BCUT2D eigenvalue weighted by atomic mass is 10.2. The lowest BCUT2D eigenvalue weighted by Gasteiger charge is -2.12. The number of ether oxygens (including phenoxy) is 3. The number of carbonyl (C=O) groups is 2. The molecule has 0 spiro atoms. The number of rotatable bonds is 8. The summed E-state index contributed by atoms with van der Waals surface area (Å²) in [5.41, 5.74) is 2.74. The Bertz CT molecular complexity index is 1000. The Kier molecular flexibility index (Phi) is 7.58. The molecule has 1 aromatic carbocycles. The summed E-state index contributed by atoms with van der Waals surface area (Å²) in [6.07, 6.45) is 1.76. The molecule has 1 N–H and O–H groups in total. The Morgan fingerprint density at radius 3 is 2.67 bits per heavy atom. The molecule has 0 radical (unpaired) electrons. The molecule has 1 atom stereocenters. The topological polar surface area (TPSA) is 115 Å². The van der Waals surface area contributed by atoms with Gasteiger partial charge < -0.3 is 19.5 Å². The summed E-state index contributed by atoms with van der Waals surface area (Å²) >= 11 is 0. The molecule has 1 heterocycles. The molecule has 0 unspecified atom stereocenters. The molecule has 30 heavy (non-hydrogen) atoms. The van der Waals surface area contributed by atoms with Gasteiger partial charge in [0.1, 0.15) is 6.07 Å². The number of hydrogen-bond donors (Lipinski definition) is 1. The molecule has 2 rings (SSSR count). The third-order valence-corrected chi connectivity index (χ3v) is 4.31. The Balaban J connectivity index is 1.98. The summed E-state index contributed by atoms with van der Waals surface area (Å²) in [5.74, 6) is -0.265. The maximum absolute atomic E-state index is 12.3. The third kappa shape index (κ3) is 5.61. The molecule has 0 aliphatic rings. The normalized spacial score (nSPS) is 11.6. The Morgan fingerprint density at radius 1 is 1.33 bits per heavy atom. The van der Waals surface area contributed by atoms with E-state index < -0.39 is 18.0 Å². The first kappa shape index (κ1) is 22.5. The SMILES string of the molecule is COc1cc(/C=C/C(=O)O[C@H](C)C(=O)Nc2c(C)nn(C)c2C)ccc1OCC#N. The molecule has 0 aliphatic carbocycles. The van der Waals surface area contributed by atoms with Crippen LogP contribution in [-0.2, 0) is 21.4 Å². The summed E-state index contributed by atoms with van der Waals surface area (Å²) in [5, 5.41) is 15.6. The predicted octanol–water partition coefficient (Wildman–Crippen LogP) is 2.53. The van der Waals surface area contributed by atoms with Gasteiger partial charge in [0, 0.05) is 13.1 Å². The van der Waals surface area contributed by atoms with Crippen LogP contribution in [0.4, 0.5) is 5.69 Å². The first-order valence-corrected chi connectivity index (χ1v) is 9.14. The van der Waals surface area contributed by atoms with Gasteiger partial charge in [-0.05, 0) is 44.5 Å². The molecule has 9 heteroatoms. The number of methoxy groups -OCH3 is 1. The highest BCUT2D eigenvalue weighted by Crippen LogP contribution is 2.28. The van der Waals surface area contributed by atoms with Gasteiger partial charge in [-0.1, -0.05) is 6.07 Å². The van der Waals surface area contributed by atoms with E-state index >= 15 is 0 Å². The zero-order chi connectivity index (χ0) is 22.3. The van der Waals surface area contributed by atoms with E-state index in [0.717, 1.165) is 5.69 Å². The van der Waals surface area contributed by atoms with E-state index in [-0.39, 0.29) is 6.61 Å². The molecule has 9 nitrogen and oxygen atoms in total. The van der Waals surface area contributed by atoms with Gasteiger partial charge in [-0.15, -0.1) is 0 Å². The van der Waals surface area contributed by atoms with Crippen molar-refractivity contribution >= 4 is 23.6 Å². The number of aromatic nitrogens is 2. The largest absolute Gasteiger partial charge is 0.493 e. The average molecular weight is 412 g/mol. The van der Waals surface area contributed by atoms with E-state index in [4.69, 9.17) is 19.5 Å². The number of nitriles is 1. The first-order valence-electron chi connectivity index (χ1n) is 9.14. The molecule has 0 saturated heterocycles. The van der Waals surface area contributed by atoms with Crippen LogP contribution in [0, 0.1) is 25.2 Å². The summed E-state index contributed by atoms with van der Waals surface area (Å²) < 4.78 is 17.3. The van der Waals surface area contributed by atoms with Crippen molar-refractivity contribution in [3.8, 4) is 17.6 Å². The number of benzene rings is 1. The van der Waals surface area contributed by atoms with E-state index in [0.29, 0.717) is 28.4 Å². The minimum atomic E-state index is -0.988. The Morgan fingerprint density at radius 2 is 2.07 bits per heavy atom. The van der Waals surface area contributed by atoms with Crippen LogP contribution in [0.2, 0.25) is 0 Å². The van der Waals surface area contributed by atoms with Crippen LogP contribution in [0.15, 0.2) is 24.3 Å². The van der Waals surface area contributed by atoms with Crippen molar-refractivity contribution < 1.29 is 23.8 Å². The lowest BCUT2D eigenvalue weighted by molar-refractivity contribution is -0.148. The van der Waals surface area contributed by atoms with Crippen molar-refractivity contribution in [2.75, 3.05) is 19.0 Å². The number of anilines is 1. The summed E-state index contributed by atoms with van der Waals surface area (Å²) in [4.78, 5) is 24.4. The van der Waals surface area contributed by atoms with Crippen molar-refractivity contribution in [2.24, 2.45) is 7.05 Å². The molecule has 158 valence electrons. The van der Waals surface area contributed by atoms with Gasteiger partial charge in [-0.25, -0.2) is 4.79 Å². The number of hydrogen-bond acceptors (Lipinski definition) is 7. The van der Waals surface area contributed by atoms with Crippen LogP contribution in [-0.4, -0.2) is 41.5 Å². The maximum Gasteiger partial charge on any atom is 0.331 e. The molecule has 0 fully saturated rings. The number of carbonyl (C=O) groups excluding carboxylic acids is 2. The quantitative estimate of drug-likeness (QED) is 0.523. The first-order chi connectivity index (χ1) is 14.3. The molecule has 1 amide bonds. The number of amides is 1. The molecule has 1 aromatic heterocycles. The lowest BCUT2D eigenvalue weighted by Crippen LogP contribution is -2.29. The van der Waals surface area contributed by atoms with Gasteiger partial charge in [-0.2, -0.15) is 10.4 Å². The third-order valence-electron chi connectivity index (χ3n) is 4.31. The highest BCUT2D eigenvalue weighted by molar-refractivity contribution is 5.97. The van der Waals surface area contributed by atoms with Crippen LogP contribution < -0.4 is 14.8 Å². The molecule has 0 bridgehead atoms. The average Bonchev–Trinajstić information content (AvgIpc) is 2.96. The second-order valence-electron chi connectivity index (χ2n) is 6.43. The smallest absolute Gasteiger partial charge is 0.331 e. The highest BCUT2D eigenvalue weighted by atomic mass is 16.5. The van der Waals surface area contributed by atoms with Gasteiger partial charge in [-0.3, -0.25) is 9.48 Å². The second kappa shape index (κ2) is 10.1. The fraction of sp³-hybridized carbons (Fsp3) is 0.333. The maximum atomic E-state index is 12.3. The zero-order valence-corrected chi connectivity index (χ0v) is 17.6. The summed E-state index contributed by atoms with van der Waals surface area (Å²) in [6, 6.07) is 6.87. The van der Waals surface area contributed by atoms with Crippen LogP contribution in [0.1, 0.15) is 23.9 Å². The fourth-order valence-corrected chi connectivity index (χ4v) is 2.63. The Labute approximate surface area is 174 Å². The number of nitrogens with one attached hydrogen (secondary N) is 1. The fourth-order valence-electron chi connectivity index (χ4n) is 2.63. The molecule has 0 aliphatic heterocycles. The number of nitrogens with zero attached hydrogens (tertiary/aromatic N) is 3. The predicted molar refractivity (Wildman–Crippen MR) is 110 cm³/mol. The van der Waals surface area contributed by atoms with Crippen molar-refractivity contribution in [1.29, 1.82) is 5.26 Å². The molecule has 0 saturated carbocycles. The van der Waals surface area contributed by atoms with E-state index in [2.05, 4.69) is 10.4 Å². The van der Waals surface area contributed by atoms with Gasteiger partial charge in [0.25, 0.3) is 5.91 Å². The van der Waals surface area contributed by atoms with Crippen LogP contribution >= 0.6 is 0 Å². The standard InChI is InChI=1S/C21H24N4O5/c1-13-20(14(2)25(4)24-13)23-21(27)15(3)30-19(26)9-7-16-6-8-17(29-11-10-22)18(12-16)28-5/h6-9,12,15H,11H2,1-5H3,(H,23,27)/b9-7+/t15-/m1/s1. The van der Waals surface area contributed by atoms with Crippen molar-refractivity contribution in [3.05, 3.63) is 41.2 Å². The minimum absolute atomic E-state index is 0.101. The van der Waals surface area contributed by atoms with Crippen molar-refractivity contribution in [1.82, 2.24) is 9.78 Å². The van der Waals surface area contributed by atoms with Crippen LogP contribution in [0.5, 0.6) is 11.5 Å².